The first-order valence-electron chi connectivity index (χ1n) is 7.71. The van der Waals surface area contributed by atoms with Crippen molar-refractivity contribution in [1.29, 1.82) is 0 Å². The lowest BCUT2D eigenvalue weighted by Crippen LogP contribution is -2.20. The normalized spacial score (nSPS) is 12.2. The van der Waals surface area contributed by atoms with Crippen LogP contribution in [0, 0.1) is 0 Å². The molecule has 2 nitrogen and oxygen atoms in total. The van der Waals surface area contributed by atoms with Crippen LogP contribution in [0.15, 0.2) is 72.5 Å². The molecule has 0 fully saturated rings. The number of rotatable bonds is 6. The molecule has 2 aromatic rings. The van der Waals surface area contributed by atoms with Crippen LogP contribution in [0.2, 0.25) is 0 Å². The summed E-state index contributed by atoms with van der Waals surface area (Å²) < 4.78 is 0. The molecule has 0 atom stereocenters. The topological polar surface area (TPSA) is 23.5 Å². The number of anilines is 1. The maximum Gasteiger partial charge on any atom is 0.0909 e. The molecule has 0 heterocycles. The second kappa shape index (κ2) is 7.17. The van der Waals surface area contributed by atoms with E-state index in [2.05, 4.69) is 43.0 Å². The maximum atomic E-state index is 10.3. The van der Waals surface area contributed by atoms with Gasteiger partial charge in [0.25, 0.3) is 0 Å². The SMILES string of the molecule is CN(CC/C(O)=C/C(C)(C)c1ccccc1)c1ccccc1. The van der Waals surface area contributed by atoms with Gasteiger partial charge in [0.2, 0.25) is 0 Å². The molecule has 0 saturated carbocycles. The van der Waals surface area contributed by atoms with Crippen molar-refractivity contribution in [2.45, 2.75) is 25.7 Å². The van der Waals surface area contributed by atoms with Gasteiger partial charge < -0.3 is 10.0 Å². The van der Waals surface area contributed by atoms with Crippen molar-refractivity contribution in [2.75, 3.05) is 18.5 Å². The van der Waals surface area contributed by atoms with Crippen molar-refractivity contribution in [3.63, 3.8) is 0 Å². The molecule has 0 spiro atoms. The summed E-state index contributed by atoms with van der Waals surface area (Å²) in [5, 5.41) is 10.3. The number of nitrogens with zero attached hydrogens (tertiary/aromatic N) is 1. The van der Waals surface area contributed by atoms with Gasteiger partial charge in [0.1, 0.15) is 0 Å². The Labute approximate surface area is 133 Å². The molecular weight excluding hydrogens is 270 g/mol. The Morgan fingerprint density at radius 3 is 2.14 bits per heavy atom. The number of hydrogen-bond donors (Lipinski definition) is 1. The number of aliphatic hydroxyl groups is 1. The molecule has 1 N–H and O–H groups in total. The van der Waals surface area contributed by atoms with Gasteiger partial charge in [-0.25, -0.2) is 0 Å². The van der Waals surface area contributed by atoms with Gasteiger partial charge in [0.05, 0.1) is 5.76 Å². The van der Waals surface area contributed by atoms with Crippen LogP contribution in [0.5, 0.6) is 0 Å². The fraction of sp³-hybridized carbons (Fsp3) is 0.300. The van der Waals surface area contributed by atoms with E-state index in [-0.39, 0.29) is 5.41 Å². The van der Waals surface area contributed by atoms with E-state index in [0.717, 1.165) is 12.2 Å². The quantitative estimate of drug-likeness (QED) is 0.764. The summed E-state index contributed by atoms with van der Waals surface area (Å²) in [5.74, 6) is 0.441. The third-order valence-corrected chi connectivity index (χ3v) is 3.95. The highest BCUT2D eigenvalue weighted by atomic mass is 16.3. The second-order valence-electron chi connectivity index (χ2n) is 6.23. The van der Waals surface area contributed by atoms with E-state index in [4.69, 9.17) is 0 Å². The zero-order valence-corrected chi connectivity index (χ0v) is 13.7. The van der Waals surface area contributed by atoms with Crippen molar-refractivity contribution in [1.82, 2.24) is 0 Å². The van der Waals surface area contributed by atoms with Crippen LogP contribution in [-0.4, -0.2) is 18.7 Å². The molecule has 0 radical (unpaired) electrons. The largest absolute Gasteiger partial charge is 0.513 e. The smallest absolute Gasteiger partial charge is 0.0909 e. The summed E-state index contributed by atoms with van der Waals surface area (Å²) in [6.07, 6.45) is 2.60. The first kappa shape index (κ1) is 16.2. The summed E-state index contributed by atoms with van der Waals surface area (Å²) in [5.41, 5.74) is 2.20. The molecule has 0 aromatic heterocycles. The molecule has 2 heteroatoms. The van der Waals surface area contributed by atoms with Crippen LogP contribution in [0.3, 0.4) is 0 Å². The predicted octanol–water partition coefficient (Wildman–Crippen LogP) is 4.93. The monoisotopic (exact) mass is 295 g/mol. The van der Waals surface area contributed by atoms with Crippen molar-refractivity contribution in [3.8, 4) is 0 Å². The van der Waals surface area contributed by atoms with Gasteiger partial charge in [-0.2, -0.15) is 0 Å². The zero-order chi connectivity index (χ0) is 16.0. The lowest BCUT2D eigenvalue weighted by atomic mass is 9.84. The van der Waals surface area contributed by atoms with Gasteiger partial charge in [-0.05, 0) is 23.8 Å². The molecule has 0 unspecified atom stereocenters. The molecule has 0 amide bonds. The lowest BCUT2D eigenvalue weighted by molar-refractivity contribution is 0.379. The van der Waals surface area contributed by atoms with Crippen LogP contribution in [0.25, 0.3) is 0 Å². The van der Waals surface area contributed by atoms with Gasteiger partial charge in [-0.15, -0.1) is 0 Å². The fourth-order valence-electron chi connectivity index (χ4n) is 2.53. The Morgan fingerprint density at radius 1 is 1.00 bits per heavy atom. The number of aliphatic hydroxyl groups excluding tert-OH is 1. The summed E-state index contributed by atoms with van der Waals surface area (Å²) in [4.78, 5) is 2.15. The van der Waals surface area contributed by atoms with E-state index in [1.807, 2.05) is 49.5 Å². The van der Waals surface area contributed by atoms with Crippen molar-refractivity contribution < 1.29 is 5.11 Å². The van der Waals surface area contributed by atoms with E-state index in [1.54, 1.807) is 0 Å². The Hall–Kier alpha value is -2.22. The Bertz CT molecular complexity index is 602. The van der Waals surface area contributed by atoms with E-state index < -0.39 is 0 Å². The van der Waals surface area contributed by atoms with Gasteiger partial charge >= 0.3 is 0 Å². The first-order valence-corrected chi connectivity index (χ1v) is 7.71. The highest BCUT2D eigenvalue weighted by molar-refractivity contribution is 5.45. The third kappa shape index (κ3) is 4.39. The molecule has 0 aliphatic heterocycles. The molecule has 0 saturated heterocycles. The summed E-state index contributed by atoms with van der Waals surface area (Å²) in [6, 6.07) is 20.5. The van der Waals surface area contributed by atoms with Gasteiger partial charge in [0.15, 0.2) is 0 Å². The number of para-hydroxylation sites is 1. The highest BCUT2D eigenvalue weighted by Gasteiger charge is 2.18. The van der Waals surface area contributed by atoms with Crippen LogP contribution in [0.4, 0.5) is 5.69 Å². The van der Waals surface area contributed by atoms with Crippen LogP contribution < -0.4 is 4.90 Å². The first-order chi connectivity index (χ1) is 10.5. The molecule has 2 aromatic carbocycles. The molecule has 2 rings (SSSR count). The number of hydrogen-bond acceptors (Lipinski definition) is 2. The minimum atomic E-state index is -0.170. The van der Waals surface area contributed by atoms with Crippen molar-refractivity contribution in [2.24, 2.45) is 0 Å². The standard InChI is InChI=1S/C20H25NO/c1-20(2,17-10-6-4-7-11-17)16-19(22)14-15-21(3)18-12-8-5-9-13-18/h4-13,16,22H,14-15H2,1-3H3/b19-16-. The summed E-state index contributed by atoms with van der Waals surface area (Å²) >= 11 is 0. The van der Waals surface area contributed by atoms with Crippen molar-refractivity contribution >= 4 is 5.69 Å². The minimum absolute atomic E-state index is 0.170. The molecule has 22 heavy (non-hydrogen) atoms. The molecular formula is C20H25NO. The highest BCUT2D eigenvalue weighted by Crippen LogP contribution is 2.26. The predicted molar refractivity (Wildman–Crippen MR) is 94.5 cm³/mol. The molecule has 116 valence electrons. The lowest BCUT2D eigenvalue weighted by Gasteiger charge is -2.23. The maximum absolute atomic E-state index is 10.3. The molecule has 0 aliphatic rings. The van der Waals surface area contributed by atoms with Gasteiger partial charge in [0, 0.05) is 31.1 Å². The Balaban J connectivity index is 1.98. The minimum Gasteiger partial charge on any atom is -0.513 e. The van der Waals surface area contributed by atoms with Crippen LogP contribution >= 0.6 is 0 Å². The van der Waals surface area contributed by atoms with Crippen LogP contribution in [-0.2, 0) is 5.41 Å². The molecule has 0 bridgehead atoms. The van der Waals surface area contributed by atoms with Gasteiger partial charge in [-0.1, -0.05) is 62.4 Å². The van der Waals surface area contributed by atoms with E-state index in [0.29, 0.717) is 12.2 Å². The average Bonchev–Trinajstić information content (AvgIpc) is 2.54. The average molecular weight is 295 g/mol. The summed E-state index contributed by atoms with van der Waals surface area (Å²) in [6.45, 7) is 5.04. The number of benzene rings is 2. The number of allylic oxidation sites excluding steroid dienone is 1. The fourth-order valence-corrected chi connectivity index (χ4v) is 2.53. The van der Waals surface area contributed by atoms with E-state index in [9.17, 15) is 5.11 Å². The Kier molecular flexibility index (Phi) is 5.26. The van der Waals surface area contributed by atoms with Gasteiger partial charge in [-0.3, -0.25) is 0 Å². The van der Waals surface area contributed by atoms with E-state index >= 15 is 0 Å². The van der Waals surface area contributed by atoms with Crippen LogP contribution in [0.1, 0.15) is 25.8 Å². The van der Waals surface area contributed by atoms with Crippen molar-refractivity contribution in [3.05, 3.63) is 78.1 Å². The third-order valence-electron chi connectivity index (χ3n) is 3.95. The Morgan fingerprint density at radius 2 is 1.55 bits per heavy atom. The van der Waals surface area contributed by atoms with E-state index in [1.165, 1.54) is 5.56 Å². The summed E-state index contributed by atoms with van der Waals surface area (Å²) in [7, 11) is 2.05. The molecule has 0 aliphatic carbocycles. The second-order valence-corrected chi connectivity index (χ2v) is 6.23. The zero-order valence-electron chi connectivity index (χ0n) is 13.7.